The predicted octanol–water partition coefficient (Wildman–Crippen LogP) is -0.285. The van der Waals surface area contributed by atoms with Gasteiger partial charge in [0.2, 0.25) is 0 Å². The fourth-order valence-electron chi connectivity index (χ4n) is 1.02. The van der Waals surface area contributed by atoms with Crippen molar-refractivity contribution in [2.45, 2.75) is 19.0 Å². The average molecular weight is 209 g/mol. The molecule has 0 unspecified atom stereocenters. The van der Waals surface area contributed by atoms with Crippen LogP contribution in [0.25, 0.3) is 0 Å². The maximum atomic E-state index is 5.61. The minimum atomic E-state index is -2.28. The molecular formula is C6H19NO3Si2. The molecular weight excluding hydrogens is 190 g/mol. The quantitative estimate of drug-likeness (QED) is 0.586. The van der Waals surface area contributed by atoms with Crippen LogP contribution < -0.4 is 5.73 Å². The molecule has 0 saturated heterocycles. The Labute approximate surface area is 77.7 Å². The zero-order valence-electron chi connectivity index (χ0n) is 8.13. The first kappa shape index (κ1) is 12.3. The van der Waals surface area contributed by atoms with Crippen LogP contribution in [-0.2, 0) is 13.0 Å². The Morgan fingerprint density at radius 3 is 2.25 bits per heavy atom. The van der Waals surface area contributed by atoms with Crippen molar-refractivity contribution in [3.8, 4) is 0 Å². The molecule has 0 heterocycles. The Morgan fingerprint density at radius 2 is 1.92 bits per heavy atom. The van der Waals surface area contributed by atoms with E-state index in [1.807, 2.05) is 0 Å². The van der Waals surface area contributed by atoms with E-state index in [1.165, 1.54) is 0 Å². The molecule has 0 radical (unpaired) electrons. The van der Waals surface area contributed by atoms with Gasteiger partial charge < -0.3 is 18.7 Å². The van der Waals surface area contributed by atoms with E-state index in [0.29, 0.717) is 6.54 Å². The maximum absolute atomic E-state index is 5.61. The van der Waals surface area contributed by atoms with Gasteiger partial charge in [-0.1, -0.05) is 6.55 Å². The lowest BCUT2D eigenvalue weighted by Gasteiger charge is -2.25. The summed E-state index contributed by atoms with van der Waals surface area (Å²) in [5.41, 5.74) is 5.41. The van der Waals surface area contributed by atoms with Crippen molar-refractivity contribution in [3.05, 3.63) is 0 Å². The largest absolute Gasteiger partial charge is 0.489 e. The number of hydrogen-bond donors (Lipinski definition) is 1. The van der Waals surface area contributed by atoms with Crippen molar-refractivity contribution >= 4 is 18.6 Å². The van der Waals surface area contributed by atoms with Gasteiger partial charge >= 0.3 is 8.80 Å². The van der Waals surface area contributed by atoms with Gasteiger partial charge in [0.05, 0.1) is 0 Å². The summed E-state index contributed by atoms with van der Waals surface area (Å²) in [6, 6.07) is 0.831. The summed E-state index contributed by atoms with van der Waals surface area (Å²) < 4.78 is 16.2. The molecule has 0 spiro atoms. The van der Waals surface area contributed by atoms with Crippen LogP contribution in [0.1, 0.15) is 6.42 Å². The Balaban J connectivity index is 3.95. The van der Waals surface area contributed by atoms with E-state index in [4.69, 9.17) is 18.7 Å². The van der Waals surface area contributed by atoms with Crippen LogP contribution in [0.4, 0.5) is 0 Å². The van der Waals surface area contributed by atoms with Crippen molar-refractivity contribution in [3.63, 3.8) is 0 Å². The van der Waals surface area contributed by atoms with E-state index >= 15 is 0 Å². The van der Waals surface area contributed by atoms with E-state index in [0.717, 1.165) is 12.5 Å². The van der Waals surface area contributed by atoms with Gasteiger partial charge in [0, 0.05) is 20.3 Å². The Hall–Kier alpha value is 0.274. The van der Waals surface area contributed by atoms with Crippen molar-refractivity contribution in [1.29, 1.82) is 0 Å². The summed E-state index contributed by atoms with van der Waals surface area (Å²) in [7, 11) is 0.546. The molecule has 0 atom stereocenters. The van der Waals surface area contributed by atoms with Gasteiger partial charge in [-0.25, -0.2) is 0 Å². The average Bonchev–Trinajstić information content (AvgIpc) is 2.13. The maximum Gasteiger partial charge on any atom is 0.489 e. The van der Waals surface area contributed by atoms with Crippen LogP contribution in [0.3, 0.4) is 0 Å². The highest BCUT2D eigenvalue weighted by atomic mass is 28.4. The molecule has 6 heteroatoms. The number of rotatable bonds is 7. The van der Waals surface area contributed by atoms with Crippen molar-refractivity contribution < 1.29 is 13.0 Å². The van der Waals surface area contributed by atoms with E-state index in [-0.39, 0.29) is 0 Å². The Morgan fingerprint density at radius 1 is 1.33 bits per heavy atom. The topological polar surface area (TPSA) is 53.7 Å². The van der Waals surface area contributed by atoms with Crippen LogP contribution in [0, 0.1) is 0 Å². The number of nitrogens with two attached hydrogens (primary N) is 1. The van der Waals surface area contributed by atoms with Gasteiger partial charge in [-0.3, -0.25) is 0 Å². The normalized spacial score (nSPS) is 13.0. The highest BCUT2D eigenvalue weighted by Gasteiger charge is 2.36. The van der Waals surface area contributed by atoms with E-state index in [1.54, 1.807) is 14.2 Å². The van der Waals surface area contributed by atoms with Gasteiger partial charge in [-0.2, -0.15) is 0 Å². The summed E-state index contributed by atoms with van der Waals surface area (Å²) in [5.74, 6) is 0. The molecule has 0 aromatic rings. The highest BCUT2D eigenvalue weighted by molar-refractivity contribution is 6.65. The molecule has 0 aromatic heterocycles. The molecule has 0 bridgehead atoms. The number of hydrogen-bond acceptors (Lipinski definition) is 4. The summed E-state index contributed by atoms with van der Waals surface area (Å²) >= 11 is 0. The van der Waals surface area contributed by atoms with Crippen molar-refractivity contribution in [2.24, 2.45) is 5.73 Å². The molecule has 0 aliphatic rings. The van der Waals surface area contributed by atoms with Gasteiger partial charge in [-0.15, -0.1) is 0 Å². The lowest BCUT2D eigenvalue weighted by atomic mass is 10.5. The summed E-state index contributed by atoms with van der Waals surface area (Å²) in [6.07, 6.45) is 0.905. The molecule has 74 valence electrons. The van der Waals surface area contributed by atoms with Crippen LogP contribution in [0.5, 0.6) is 0 Å². The summed E-state index contributed by atoms with van der Waals surface area (Å²) in [4.78, 5) is 0. The molecule has 0 aliphatic carbocycles. The summed E-state index contributed by atoms with van der Waals surface area (Å²) in [5, 5.41) is 0. The van der Waals surface area contributed by atoms with Crippen LogP contribution in [-0.4, -0.2) is 39.3 Å². The minimum absolute atomic E-state index is 0.469. The summed E-state index contributed by atoms with van der Waals surface area (Å²) in [6.45, 7) is 2.73. The standard InChI is InChI=1S/C6H19NO3Si2/c1-8-12(9-2,10-11-3)6-4-5-7/h4-7,11H2,1-3H3. The van der Waals surface area contributed by atoms with Crippen molar-refractivity contribution in [1.82, 2.24) is 0 Å². The third kappa shape index (κ3) is 3.79. The lowest BCUT2D eigenvalue weighted by Crippen LogP contribution is -2.44. The smallest absolute Gasteiger partial charge is 0.422 e. The third-order valence-corrected chi connectivity index (χ3v) is 6.80. The first-order valence-electron chi connectivity index (χ1n) is 4.19. The van der Waals surface area contributed by atoms with E-state index in [9.17, 15) is 0 Å². The molecule has 0 fully saturated rings. The molecule has 0 aliphatic heterocycles. The molecule has 12 heavy (non-hydrogen) atoms. The van der Waals surface area contributed by atoms with Gasteiger partial charge in [0.15, 0.2) is 0 Å². The van der Waals surface area contributed by atoms with Gasteiger partial charge in [0.1, 0.15) is 9.76 Å². The van der Waals surface area contributed by atoms with Gasteiger partial charge in [0.25, 0.3) is 0 Å². The fraction of sp³-hybridized carbons (Fsp3) is 1.00. The predicted molar refractivity (Wildman–Crippen MR) is 53.7 cm³/mol. The van der Waals surface area contributed by atoms with Crippen LogP contribution >= 0.6 is 0 Å². The van der Waals surface area contributed by atoms with Crippen LogP contribution in [0.2, 0.25) is 12.6 Å². The third-order valence-electron chi connectivity index (χ3n) is 1.67. The Bertz CT molecular complexity index is 111. The lowest BCUT2D eigenvalue weighted by molar-refractivity contribution is 0.163. The highest BCUT2D eigenvalue weighted by Crippen LogP contribution is 2.14. The second kappa shape index (κ2) is 6.75. The van der Waals surface area contributed by atoms with Gasteiger partial charge in [-0.05, 0) is 13.0 Å². The fourth-order valence-corrected chi connectivity index (χ4v) is 5.51. The molecule has 0 rings (SSSR count). The van der Waals surface area contributed by atoms with E-state index in [2.05, 4.69) is 6.55 Å². The first-order chi connectivity index (χ1) is 5.74. The first-order valence-corrected chi connectivity index (χ1v) is 8.11. The molecule has 0 amide bonds. The SMILES string of the molecule is CO[Si](CCCN)(OC)O[SiH2]C. The van der Waals surface area contributed by atoms with E-state index < -0.39 is 18.6 Å². The molecule has 4 nitrogen and oxygen atoms in total. The molecule has 0 aromatic carbocycles. The van der Waals surface area contributed by atoms with Crippen molar-refractivity contribution in [2.75, 3.05) is 20.8 Å². The zero-order valence-corrected chi connectivity index (χ0v) is 10.5. The second-order valence-electron chi connectivity index (χ2n) is 2.42. The minimum Gasteiger partial charge on any atom is -0.422 e. The second-order valence-corrected chi connectivity index (χ2v) is 6.83. The molecule has 2 N–H and O–H groups in total. The van der Waals surface area contributed by atoms with Crippen LogP contribution in [0.15, 0.2) is 0 Å². The zero-order chi connectivity index (χ0) is 9.45. The Kier molecular flexibility index (Phi) is 6.91. The monoisotopic (exact) mass is 209 g/mol. The molecule has 0 saturated carbocycles.